The van der Waals surface area contributed by atoms with Crippen LogP contribution in [0, 0.1) is 0 Å². The third kappa shape index (κ3) is 5.35. The number of esters is 1. The Balaban J connectivity index is 3.22. The fourth-order valence-corrected chi connectivity index (χ4v) is 0.554. The zero-order valence-corrected chi connectivity index (χ0v) is 6.30. The minimum absolute atomic E-state index is 0.148. The van der Waals surface area contributed by atoms with Crippen LogP contribution in [0.3, 0.4) is 0 Å². The summed E-state index contributed by atoms with van der Waals surface area (Å²) in [6, 6.07) is 0. The van der Waals surface area contributed by atoms with Crippen molar-refractivity contribution < 1.29 is 10.9 Å². The molecular formula is C8H14O2. The summed E-state index contributed by atoms with van der Waals surface area (Å²) in [6.45, 7) is 2.28. The van der Waals surface area contributed by atoms with E-state index in [0.717, 1.165) is 6.42 Å². The number of carbonyl (C=O) groups is 1. The van der Waals surface area contributed by atoms with E-state index in [9.17, 15) is 4.79 Å². The van der Waals surface area contributed by atoms with E-state index in [0.29, 0.717) is 6.42 Å². The van der Waals surface area contributed by atoms with E-state index in [1.54, 1.807) is 0 Å². The van der Waals surface area contributed by atoms with Crippen LogP contribution in [0.15, 0.2) is 12.2 Å². The summed E-state index contributed by atoms with van der Waals surface area (Å²) < 4.78 is 11.4. The van der Waals surface area contributed by atoms with Crippen molar-refractivity contribution in [2.75, 3.05) is 6.61 Å². The summed E-state index contributed by atoms with van der Waals surface area (Å²) in [4.78, 5) is 10.7. The van der Waals surface area contributed by atoms with Crippen molar-refractivity contribution in [3.05, 3.63) is 12.2 Å². The molecule has 0 aromatic heterocycles. The molecule has 0 aliphatic heterocycles. The first-order chi connectivity index (χ1) is 5.31. The molecule has 0 fully saturated rings. The standard InChI is InChI=1S/C8H14O2/c1-3-5-6-7-8(9)10-4-2/h3,5H,4,6-7H2,1-2H3/b5-3+/i2T. The van der Waals surface area contributed by atoms with Crippen LogP contribution in [0.1, 0.15) is 28.0 Å². The van der Waals surface area contributed by atoms with Gasteiger partial charge in [-0.2, -0.15) is 0 Å². The Morgan fingerprint density at radius 3 is 3.20 bits per heavy atom. The summed E-state index contributed by atoms with van der Waals surface area (Å²) in [5.74, 6) is -0.213. The number of carbonyl (C=O) groups excluding carboxylic acids is 1. The SMILES string of the molecule is [3H]CCOC(=O)CC/C=C/C. The Morgan fingerprint density at radius 2 is 2.60 bits per heavy atom. The first-order valence-corrected chi connectivity index (χ1v) is 3.37. The first-order valence-electron chi connectivity index (χ1n) is 4.08. The lowest BCUT2D eigenvalue weighted by molar-refractivity contribution is -0.142. The second-order valence-electron chi connectivity index (χ2n) is 1.83. The van der Waals surface area contributed by atoms with Crippen LogP contribution in [0.2, 0.25) is 0 Å². The van der Waals surface area contributed by atoms with Crippen molar-refractivity contribution in [3.63, 3.8) is 0 Å². The van der Waals surface area contributed by atoms with E-state index in [1.807, 2.05) is 19.1 Å². The highest BCUT2D eigenvalue weighted by molar-refractivity contribution is 5.69. The van der Waals surface area contributed by atoms with Crippen LogP contribution in [0.4, 0.5) is 0 Å². The zero-order valence-electron chi connectivity index (χ0n) is 7.30. The maximum atomic E-state index is 10.7. The fourth-order valence-electron chi connectivity index (χ4n) is 0.554. The molecule has 0 saturated carbocycles. The average Bonchev–Trinajstić information content (AvgIpc) is 2.01. The molecule has 2 nitrogen and oxygen atoms in total. The minimum atomic E-state index is -0.213. The number of rotatable bonds is 4. The smallest absolute Gasteiger partial charge is 0.306 e. The third-order valence-corrected chi connectivity index (χ3v) is 1.01. The van der Waals surface area contributed by atoms with E-state index < -0.39 is 0 Å². The third-order valence-electron chi connectivity index (χ3n) is 1.01. The topological polar surface area (TPSA) is 26.3 Å². The van der Waals surface area contributed by atoms with Crippen molar-refractivity contribution in [3.8, 4) is 0 Å². The largest absolute Gasteiger partial charge is 0.466 e. The molecule has 0 aliphatic carbocycles. The van der Waals surface area contributed by atoms with Crippen molar-refractivity contribution in [1.29, 1.82) is 0 Å². The molecule has 0 saturated heterocycles. The van der Waals surface area contributed by atoms with Gasteiger partial charge < -0.3 is 4.74 Å². The van der Waals surface area contributed by atoms with Crippen LogP contribution < -0.4 is 0 Å². The Labute approximate surface area is 63.3 Å². The van der Waals surface area contributed by atoms with E-state index >= 15 is 0 Å². The van der Waals surface area contributed by atoms with E-state index in [2.05, 4.69) is 4.74 Å². The van der Waals surface area contributed by atoms with Crippen LogP contribution in [-0.2, 0) is 9.53 Å². The molecule has 0 aromatic carbocycles. The molecule has 0 aliphatic rings. The quantitative estimate of drug-likeness (QED) is 0.445. The molecule has 0 amide bonds. The number of ether oxygens (including phenoxy) is 1. The van der Waals surface area contributed by atoms with Gasteiger partial charge in [-0.25, -0.2) is 0 Å². The normalized spacial score (nSPS) is 11.5. The number of hydrogen-bond donors (Lipinski definition) is 0. The van der Waals surface area contributed by atoms with Gasteiger partial charge in [-0.15, -0.1) is 0 Å². The zero-order chi connectivity index (χ0) is 8.53. The van der Waals surface area contributed by atoms with E-state index in [1.165, 1.54) is 0 Å². The van der Waals surface area contributed by atoms with Gasteiger partial charge in [0.1, 0.15) is 0 Å². The fraction of sp³-hybridized carbons (Fsp3) is 0.625. The lowest BCUT2D eigenvalue weighted by Gasteiger charge is -1.97. The Hall–Kier alpha value is -0.790. The maximum absolute atomic E-state index is 10.7. The summed E-state index contributed by atoms with van der Waals surface area (Å²) in [5, 5.41) is 0. The monoisotopic (exact) mass is 144 g/mol. The molecule has 2 heteroatoms. The Bertz CT molecular complexity index is 132. The van der Waals surface area contributed by atoms with E-state index in [-0.39, 0.29) is 19.5 Å². The molecule has 58 valence electrons. The van der Waals surface area contributed by atoms with Gasteiger partial charge >= 0.3 is 5.97 Å². The molecule has 10 heavy (non-hydrogen) atoms. The molecule has 0 N–H and O–H groups in total. The van der Waals surface area contributed by atoms with Gasteiger partial charge in [-0.05, 0) is 20.2 Å². The summed E-state index contributed by atoms with van der Waals surface area (Å²) in [7, 11) is 0. The molecule has 0 aromatic rings. The molecule has 0 unspecified atom stereocenters. The van der Waals surface area contributed by atoms with Gasteiger partial charge in [-0.3, -0.25) is 4.79 Å². The van der Waals surface area contributed by atoms with Crippen molar-refractivity contribution in [2.24, 2.45) is 0 Å². The highest BCUT2D eigenvalue weighted by Gasteiger charge is 1.96. The van der Waals surface area contributed by atoms with E-state index in [4.69, 9.17) is 1.37 Å². The summed E-state index contributed by atoms with van der Waals surface area (Å²) >= 11 is 0. The maximum Gasteiger partial charge on any atom is 0.306 e. The van der Waals surface area contributed by atoms with Crippen LogP contribution in [0.5, 0.6) is 0 Å². The molecule has 0 atom stereocenters. The highest BCUT2D eigenvalue weighted by Crippen LogP contribution is 1.93. The molecule has 0 heterocycles. The summed E-state index contributed by atoms with van der Waals surface area (Å²) in [6.07, 6.45) is 4.97. The molecule has 0 radical (unpaired) electrons. The summed E-state index contributed by atoms with van der Waals surface area (Å²) in [5.41, 5.74) is 0. The van der Waals surface area contributed by atoms with Crippen molar-refractivity contribution in [1.82, 2.24) is 0 Å². The van der Waals surface area contributed by atoms with Gasteiger partial charge in [0.05, 0.1) is 6.61 Å². The van der Waals surface area contributed by atoms with Crippen LogP contribution in [0.25, 0.3) is 0 Å². The van der Waals surface area contributed by atoms with Gasteiger partial charge in [0.15, 0.2) is 0 Å². The predicted molar refractivity (Wildman–Crippen MR) is 40.7 cm³/mol. The lowest BCUT2D eigenvalue weighted by Crippen LogP contribution is -2.02. The lowest BCUT2D eigenvalue weighted by atomic mass is 10.3. The Kier molecular flexibility index (Phi) is 4.63. The van der Waals surface area contributed by atoms with Gasteiger partial charge in [-0.1, -0.05) is 12.2 Å². The van der Waals surface area contributed by atoms with Crippen molar-refractivity contribution >= 4 is 5.97 Å². The van der Waals surface area contributed by atoms with Gasteiger partial charge in [0.2, 0.25) is 0 Å². The van der Waals surface area contributed by atoms with Crippen molar-refractivity contribution in [2.45, 2.75) is 26.7 Å². The minimum Gasteiger partial charge on any atom is -0.466 e. The van der Waals surface area contributed by atoms with Crippen LogP contribution >= 0.6 is 0 Å². The second kappa shape index (κ2) is 6.33. The first kappa shape index (κ1) is 7.32. The number of allylic oxidation sites excluding steroid dienone is 2. The number of hydrogen-bond acceptors (Lipinski definition) is 2. The predicted octanol–water partition coefficient (Wildman–Crippen LogP) is 1.91. The van der Waals surface area contributed by atoms with Gasteiger partial charge in [0.25, 0.3) is 0 Å². The molecule has 0 rings (SSSR count). The highest BCUT2D eigenvalue weighted by atomic mass is 16.5. The second-order valence-corrected chi connectivity index (χ2v) is 1.83. The van der Waals surface area contributed by atoms with Gasteiger partial charge in [0, 0.05) is 7.79 Å². The van der Waals surface area contributed by atoms with Crippen LogP contribution in [-0.4, -0.2) is 12.6 Å². The molecular weight excluding hydrogens is 128 g/mol. The molecule has 0 bridgehead atoms. The Morgan fingerprint density at radius 1 is 1.80 bits per heavy atom. The molecule has 0 spiro atoms. The average molecular weight is 144 g/mol.